The third kappa shape index (κ3) is 2.93. The minimum absolute atomic E-state index is 0.0311. The lowest BCUT2D eigenvalue weighted by Gasteiger charge is -2.30. The molecule has 26 heavy (non-hydrogen) atoms. The molecule has 2 N–H and O–H groups in total. The molecule has 2 aromatic rings. The minimum atomic E-state index is -3.96. The van der Waals surface area contributed by atoms with Crippen LogP contribution >= 0.6 is 11.8 Å². The number of anilines is 3. The summed E-state index contributed by atoms with van der Waals surface area (Å²) in [7, 11) is -3.96. The van der Waals surface area contributed by atoms with Gasteiger partial charge in [-0.15, -0.1) is 11.8 Å². The second-order valence-electron chi connectivity index (χ2n) is 5.88. The number of benzene rings is 2. The Kier molecular flexibility index (Phi) is 4.12. The Morgan fingerprint density at radius 2 is 1.73 bits per heavy atom. The van der Waals surface area contributed by atoms with E-state index < -0.39 is 15.9 Å². The number of rotatable bonds is 2. The molecule has 2 aliphatic heterocycles. The number of hydrogen-bond donors (Lipinski definition) is 2. The molecular formula is C17H15N3O4S2. The SMILES string of the molecule is O=C1CCSc2ccc(S(=O)(=O)N3CC(=O)Nc4ccccc43)cc2N1. The fourth-order valence-electron chi connectivity index (χ4n) is 2.90. The molecule has 0 unspecified atom stereocenters. The van der Waals surface area contributed by atoms with Crippen LogP contribution in [-0.4, -0.2) is 32.5 Å². The Labute approximate surface area is 154 Å². The molecule has 9 heteroatoms. The first-order valence-corrected chi connectivity index (χ1v) is 10.4. The zero-order valence-corrected chi connectivity index (χ0v) is 15.2. The lowest BCUT2D eigenvalue weighted by Crippen LogP contribution is -2.42. The minimum Gasteiger partial charge on any atom is -0.325 e. The van der Waals surface area contributed by atoms with Gasteiger partial charge in [-0.05, 0) is 30.3 Å². The van der Waals surface area contributed by atoms with E-state index in [4.69, 9.17) is 0 Å². The fourth-order valence-corrected chi connectivity index (χ4v) is 5.31. The number of hydrogen-bond acceptors (Lipinski definition) is 5. The van der Waals surface area contributed by atoms with Crippen molar-refractivity contribution in [2.45, 2.75) is 16.2 Å². The molecule has 2 heterocycles. The Hall–Kier alpha value is -2.52. The first kappa shape index (κ1) is 16.9. The Morgan fingerprint density at radius 1 is 0.962 bits per heavy atom. The van der Waals surface area contributed by atoms with Crippen LogP contribution in [0.2, 0.25) is 0 Å². The summed E-state index contributed by atoms with van der Waals surface area (Å²) in [6, 6.07) is 11.4. The van der Waals surface area contributed by atoms with Crippen molar-refractivity contribution in [2.75, 3.05) is 27.2 Å². The van der Waals surface area contributed by atoms with Gasteiger partial charge in [0.25, 0.3) is 10.0 Å². The molecule has 0 spiro atoms. The van der Waals surface area contributed by atoms with E-state index in [1.807, 2.05) is 0 Å². The highest BCUT2D eigenvalue weighted by Crippen LogP contribution is 2.36. The number of fused-ring (bicyclic) bond motifs is 2. The zero-order valence-electron chi connectivity index (χ0n) is 13.6. The highest BCUT2D eigenvalue weighted by Gasteiger charge is 2.33. The molecule has 0 fully saturated rings. The van der Waals surface area contributed by atoms with Crippen LogP contribution in [0.5, 0.6) is 0 Å². The van der Waals surface area contributed by atoms with E-state index in [1.54, 1.807) is 30.3 Å². The highest BCUT2D eigenvalue weighted by molar-refractivity contribution is 7.99. The Bertz CT molecular complexity index is 1020. The molecule has 134 valence electrons. The summed E-state index contributed by atoms with van der Waals surface area (Å²) in [4.78, 5) is 24.6. The molecule has 0 atom stereocenters. The molecule has 4 rings (SSSR count). The van der Waals surface area contributed by atoms with E-state index in [0.717, 1.165) is 9.20 Å². The second kappa shape index (κ2) is 6.33. The third-order valence-corrected chi connectivity index (χ3v) is 6.96. The van der Waals surface area contributed by atoms with Crippen molar-refractivity contribution in [3.8, 4) is 0 Å². The van der Waals surface area contributed by atoms with Gasteiger partial charge in [-0.3, -0.25) is 13.9 Å². The number of amides is 2. The van der Waals surface area contributed by atoms with Crippen LogP contribution in [0.3, 0.4) is 0 Å². The molecule has 0 bridgehead atoms. The number of sulfonamides is 1. The lowest BCUT2D eigenvalue weighted by atomic mass is 10.2. The highest BCUT2D eigenvalue weighted by atomic mass is 32.2. The average Bonchev–Trinajstić information content (AvgIpc) is 2.80. The van der Waals surface area contributed by atoms with Crippen LogP contribution in [0.15, 0.2) is 52.3 Å². The van der Waals surface area contributed by atoms with Gasteiger partial charge in [0.15, 0.2) is 0 Å². The summed E-state index contributed by atoms with van der Waals surface area (Å²) < 4.78 is 27.4. The summed E-state index contributed by atoms with van der Waals surface area (Å²) in [5.41, 5.74) is 1.35. The van der Waals surface area contributed by atoms with Crippen molar-refractivity contribution in [1.29, 1.82) is 0 Å². The largest absolute Gasteiger partial charge is 0.325 e. The van der Waals surface area contributed by atoms with E-state index >= 15 is 0 Å². The van der Waals surface area contributed by atoms with E-state index in [0.29, 0.717) is 29.2 Å². The summed E-state index contributed by atoms with van der Waals surface area (Å²) in [5, 5.41) is 5.42. The number of nitrogens with one attached hydrogen (secondary N) is 2. The number of nitrogens with zero attached hydrogens (tertiary/aromatic N) is 1. The van der Waals surface area contributed by atoms with Crippen molar-refractivity contribution >= 4 is 50.7 Å². The van der Waals surface area contributed by atoms with Gasteiger partial charge in [-0.1, -0.05) is 12.1 Å². The molecule has 0 saturated carbocycles. The molecule has 7 nitrogen and oxygen atoms in total. The molecule has 2 aliphatic rings. The summed E-state index contributed by atoms with van der Waals surface area (Å²) in [6.45, 7) is -0.294. The van der Waals surface area contributed by atoms with Crippen molar-refractivity contribution in [2.24, 2.45) is 0 Å². The third-order valence-electron chi connectivity index (χ3n) is 4.13. The Morgan fingerprint density at radius 3 is 2.58 bits per heavy atom. The van der Waals surface area contributed by atoms with Crippen LogP contribution in [0.25, 0.3) is 0 Å². The van der Waals surface area contributed by atoms with Crippen LogP contribution in [0, 0.1) is 0 Å². The standard InChI is InChI=1S/C17H15N3O4S2/c21-16-7-8-25-15-6-5-11(9-13(15)19-16)26(23,24)20-10-17(22)18-12-3-1-2-4-14(12)20/h1-6,9H,7-8,10H2,(H,18,22)(H,19,21). The molecule has 2 amide bonds. The number of thioether (sulfide) groups is 1. The van der Waals surface area contributed by atoms with Gasteiger partial charge in [-0.25, -0.2) is 8.42 Å². The summed E-state index contributed by atoms with van der Waals surface area (Å²) in [6.07, 6.45) is 0.376. The van der Waals surface area contributed by atoms with Gasteiger partial charge < -0.3 is 10.6 Å². The van der Waals surface area contributed by atoms with Gasteiger partial charge in [-0.2, -0.15) is 0 Å². The number of carbonyl (C=O) groups excluding carboxylic acids is 2. The molecule has 0 aromatic heterocycles. The normalized spacial score (nSPS) is 16.8. The van der Waals surface area contributed by atoms with Crippen molar-refractivity contribution in [1.82, 2.24) is 0 Å². The number of para-hydroxylation sites is 2. The van der Waals surface area contributed by atoms with Crippen molar-refractivity contribution < 1.29 is 18.0 Å². The zero-order chi connectivity index (χ0) is 18.3. The molecular weight excluding hydrogens is 374 g/mol. The summed E-state index contributed by atoms with van der Waals surface area (Å²) >= 11 is 1.50. The van der Waals surface area contributed by atoms with Crippen LogP contribution in [-0.2, 0) is 19.6 Å². The van der Waals surface area contributed by atoms with Gasteiger partial charge in [0.1, 0.15) is 6.54 Å². The van der Waals surface area contributed by atoms with Gasteiger partial charge in [0, 0.05) is 17.1 Å². The van der Waals surface area contributed by atoms with Gasteiger partial charge in [0.05, 0.1) is 22.0 Å². The fraction of sp³-hybridized carbons (Fsp3) is 0.176. The number of carbonyl (C=O) groups is 2. The lowest BCUT2D eigenvalue weighted by molar-refractivity contribution is -0.116. The monoisotopic (exact) mass is 389 g/mol. The van der Waals surface area contributed by atoms with Gasteiger partial charge in [0.2, 0.25) is 11.8 Å². The first-order valence-electron chi connectivity index (χ1n) is 7.93. The smallest absolute Gasteiger partial charge is 0.264 e. The van der Waals surface area contributed by atoms with Crippen LogP contribution < -0.4 is 14.9 Å². The first-order chi connectivity index (χ1) is 12.4. The molecule has 0 aliphatic carbocycles. The van der Waals surface area contributed by atoms with E-state index in [1.165, 1.54) is 23.9 Å². The topological polar surface area (TPSA) is 95.6 Å². The maximum atomic E-state index is 13.2. The van der Waals surface area contributed by atoms with Crippen LogP contribution in [0.1, 0.15) is 6.42 Å². The van der Waals surface area contributed by atoms with Crippen molar-refractivity contribution in [3.63, 3.8) is 0 Å². The van der Waals surface area contributed by atoms with E-state index in [-0.39, 0.29) is 17.3 Å². The molecule has 0 saturated heterocycles. The van der Waals surface area contributed by atoms with Crippen LogP contribution in [0.4, 0.5) is 17.1 Å². The average molecular weight is 389 g/mol. The van der Waals surface area contributed by atoms with Crippen molar-refractivity contribution in [3.05, 3.63) is 42.5 Å². The molecule has 2 aromatic carbocycles. The van der Waals surface area contributed by atoms with E-state index in [2.05, 4.69) is 10.6 Å². The predicted octanol–water partition coefficient (Wildman–Crippen LogP) is 2.27. The predicted molar refractivity (Wildman–Crippen MR) is 100 cm³/mol. The maximum Gasteiger partial charge on any atom is 0.264 e. The van der Waals surface area contributed by atoms with E-state index in [9.17, 15) is 18.0 Å². The van der Waals surface area contributed by atoms with Gasteiger partial charge >= 0.3 is 0 Å². The Balaban J connectivity index is 1.78. The molecule has 0 radical (unpaired) electrons. The summed E-state index contributed by atoms with van der Waals surface area (Å²) in [5.74, 6) is 0.101. The second-order valence-corrected chi connectivity index (χ2v) is 8.88. The quantitative estimate of drug-likeness (QED) is 0.822. The maximum absolute atomic E-state index is 13.2.